The minimum absolute atomic E-state index is 0.00969. The second-order valence-electron chi connectivity index (χ2n) is 8.06. The Bertz CT molecular complexity index is 611. The summed E-state index contributed by atoms with van der Waals surface area (Å²) in [6, 6.07) is 0. The van der Waals surface area contributed by atoms with E-state index in [4.69, 9.17) is 21.1 Å². The molecule has 2 aliphatic rings. The van der Waals surface area contributed by atoms with Crippen molar-refractivity contribution in [3.8, 4) is 11.8 Å². The predicted molar refractivity (Wildman–Crippen MR) is 121 cm³/mol. The molecule has 2 aliphatic heterocycles. The summed E-state index contributed by atoms with van der Waals surface area (Å²) in [6.07, 6.45) is 3.43. The van der Waals surface area contributed by atoms with Gasteiger partial charge in [-0.2, -0.15) is 0 Å². The monoisotopic (exact) mass is 522 g/mol. The van der Waals surface area contributed by atoms with Crippen LogP contribution in [0.1, 0.15) is 59.3 Å². The van der Waals surface area contributed by atoms with Crippen molar-refractivity contribution >= 4 is 40.0 Å². The van der Waals surface area contributed by atoms with Crippen LogP contribution in [0.25, 0.3) is 0 Å². The normalized spacial score (nSPS) is 34.5. The Hall–Kier alpha value is -0.130. The summed E-state index contributed by atoms with van der Waals surface area (Å²) in [5, 5.41) is 10.5. The van der Waals surface area contributed by atoms with Crippen LogP contribution in [-0.2, 0) is 14.3 Å². The lowest BCUT2D eigenvalue weighted by Crippen LogP contribution is -2.56. The average Bonchev–Trinajstić information content (AvgIpc) is 2.66. The van der Waals surface area contributed by atoms with Crippen molar-refractivity contribution in [2.45, 2.75) is 95.2 Å². The highest BCUT2D eigenvalue weighted by Crippen LogP contribution is 2.39. The highest BCUT2D eigenvalue weighted by molar-refractivity contribution is 14.1. The van der Waals surface area contributed by atoms with Gasteiger partial charge in [-0.1, -0.05) is 33.3 Å². The number of rotatable bonds is 7. The van der Waals surface area contributed by atoms with Crippen molar-refractivity contribution in [3.63, 3.8) is 0 Å². The van der Waals surface area contributed by atoms with Crippen LogP contribution < -0.4 is 0 Å². The maximum Gasteiger partial charge on any atom is 0.205 e. The van der Waals surface area contributed by atoms with Crippen LogP contribution in [0, 0.1) is 23.7 Å². The lowest BCUT2D eigenvalue weighted by molar-refractivity contribution is -0.237. The third-order valence-electron chi connectivity index (χ3n) is 5.94. The molecule has 28 heavy (non-hydrogen) atoms. The lowest BCUT2D eigenvalue weighted by Gasteiger charge is -2.49. The molecule has 2 rings (SSSR count). The molecule has 0 saturated carbocycles. The van der Waals surface area contributed by atoms with Gasteiger partial charge in [-0.15, -0.1) is 11.6 Å². The quantitative estimate of drug-likeness (QED) is 0.229. The molecule has 0 spiro atoms. The zero-order valence-electron chi connectivity index (χ0n) is 17.0. The van der Waals surface area contributed by atoms with Crippen molar-refractivity contribution in [3.05, 3.63) is 10.2 Å². The van der Waals surface area contributed by atoms with Crippen LogP contribution >= 0.6 is 34.2 Å². The number of Topliss-reactive ketones (excluding diaryl/α,β-unsaturated/α-hetero) is 1. The third kappa shape index (κ3) is 6.70. The highest BCUT2D eigenvalue weighted by atomic mass is 127. The van der Waals surface area contributed by atoms with Gasteiger partial charge in [0.05, 0.1) is 24.4 Å². The van der Waals surface area contributed by atoms with Gasteiger partial charge >= 0.3 is 0 Å². The van der Waals surface area contributed by atoms with Crippen LogP contribution in [0.2, 0.25) is 0 Å². The van der Waals surface area contributed by atoms with Gasteiger partial charge in [-0.05, 0) is 76.0 Å². The Kier molecular flexibility index (Phi) is 9.75. The number of carbonyl (C=O) groups excluding carboxylic acids is 1. The first-order valence-corrected chi connectivity index (χ1v) is 11.7. The fourth-order valence-corrected chi connectivity index (χ4v) is 5.10. The highest BCUT2D eigenvalue weighted by Gasteiger charge is 2.46. The van der Waals surface area contributed by atoms with Gasteiger partial charge < -0.3 is 14.6 Å². The number of halogens is 2. The van der Waals surface area contributed by atoms with Crippen molar-refractivity contribution in [1.29, 1.82) is 0 Å². The first-order chi connectivity index (χ1) is 13.2. The predicted octanol–water partition coefficient (Wildman–Crippen LogP) is 4.64. The molecule has 2 fully saturated rings. The molecular weight excluding hydrogens is 491 g/mol. The SMILES string of the molecule is C=C(I)C[C@H](Cl)CCC(=O)C#C[C@H](O)[C@@H]1O[C@H]2CC[C@H](CC)O[C@@H]2[C@H](C)[C@@H]1C. The summed E-state index contributed by atoms with van der Waals surface area (Å²) in [6.45, 7) is 10.2. The number of aliphatic hydroxyl groups excluding tert-OH is 1. The first kappa shape index (κ1) is 24.1. The van der Waals surface area contributed by atoms with Crippen molar-refractivity contribution in [2.24, 2.45) is 11.8 Å². The summed E-state index contributed by atoms with van der Waals surface area (Å²) in [7, 11) is 0. The van der Waals surface area contributed by atoms with Crippen molar-refractivity contribution in [1.82, 2.24) is 0 Å². The van der Waals surface area contributed by atoms with Gasteiger partial charge in [0.25, 0.3) is 0 Å². The van der Waals surface area contributed by atoms with Gasteiger partial charge in [-0.25, -0.2) is 0 Å². The summed E-state index contributed by atoms with van der Waals surface area (Å²) in [5.41, 5.74) is 0. The summed E-state index contributed by atoms with van der Waals surface area (Å²) in [5.74, 6) is 5.45. The summed E-state index contributed by atoms with van der Waals surface area (Å²) in [4.78, 5) is 12.0. The molecule has 4 nitrogen and oxygen atoms in total. The molecule has 8 atom stereocenters. The van der Waals surface area contributed by atoms with E-state index in [0.717, 1.165) is 22.8 Å². The molecule has 0 aliphatic carbocycles. The Morgan fingerprint density at radius 3 is 2.68 bits per heavy atom. The van der Waals surface area contributed by atoms with Gasteiger partial charge in [0, 0.05) is 11.8 Å². The number of allylic oxidation sites excluding steroid dienone is 1. The topological polar surface area (TPSA) is 55.8 Å². The Morgan fingerprint density at radius 1 is 1.32 bits per heavy atom. The first-order valence-electron chi connectivity index (χ1n) is 10.2. The van der Waals surface area contributed by atoms with Crippen molar-refractivity contribution in [2.75, 3.05) is 0 Å². The molecule has 0 aromatic heterocycles. The van der Waals surface area contributed by atoms with Gasteiger partial charge in [0.2, 0.25) is 5.78 Å². The number of carbonyl (C=O) groups is 1. The van der Waals surface area contributed by atoms with E-state index >= 15 is 0 Å². The second-order valence-corrected chi connectivity index (χ2v) is 10.2. The van der Waals surface area contributed by atoms with Crippen molar-refractivity contribution < 1.29 is 19.4 Å². The number of hydrogen-bond acceptors (Lipinski definition) is 4. The van der Waals surface area contributed by atoms with E-state index in [1.54, 1.807) is 0 Å². The van der Waals surface area contributed by atoms with Gasteiger partial charge in [0.1, 0.15) is 6.10 Å². The summed E-state index contributed by atoms with van der Waals surface area (Å²) < 4.78 is 13.4. The van der Waals surface area contributed by atoms with Crippen LogP contribution in [0.15, 0.2) is 10.2 Å². The van der Waals surface area contributed by atoms with Crippen LogP contribution in [0.4, 0.5) is 0 Å². The molecule has 0 bridgehead atoms. The number of ketones is 1. The largest absolute Gasteiger partial charge is 0.378 e. The minimum Gasteiger partial charge on any atom is -0.378 e. The number of hydrogen-bond donors (Lipinski definition) is 1. The van der Waals surface area contributed by atoms with E-state index in [0.29, 0.717) is 18.9 Å². The Morgan fingerprint density at radius 2 is 2.04 bits per heavy atom. The Labute approximate surface area is 187 Å². The van der Waals surface area contributed by atoms with Gasteiger partial charge in [0.15, 0.2) is 0 Å². The maximum absolute atomic E-state index is 12.0. The zero-order valence-corrected chi connectivity index (χ0v) is 19.9. The standard InChI is InChI=1S/C22H32ClIO4/c1-5-18-9-11-20-22(27-18)15(4)14(3)21(28-20)19(26)10-8-17(25)7-6-16(23)12-13(2)24/h14-16,18-22,26H,2,5-7,9,11-12H2,1,3-4H3/t14-,15+,16+,18-,19-,20-,21+,22+/m0/s1. The van der Waals surface area contributed by atoms with E-state index < -0.39 is 12.2 Å². The summed E-state index contributed by atoms with van der Waals surface area (Å²) >= 11 is 8.31. The minimum atomic E-state index is -0.979. The number of fused-ring (bicyclic) bond motifs is 1. The molecular formula is C22H32ClIO4. The number of ether oxygens (including phenoxy) is 2. The van der Waals surface area contributed by atoms with Gasteiger partial charge in [-0.3, -0.25) is 4.79 Å². The molecule has 158 valence electrons. The Balaban J connectivity index is 1.90. The smallest absolute Gasteiger partial charge is 0.205 e. The second kappa shape index (κ2) is 11.3. The molecule has 0 aromatic rings. The van der Waals surface area contributed by atoms with E-state index in [1.165, 1.54) is 0 Å². The van der Waals surface area contributed by atoms with E-state index in [-0.39, 0.29) is 41.6 Å². The molecule has 1 N–H and O–H groups in total. The van der Waals surface area contributed by atoms with E-state index in [9.17, 15) is 9.90 Å². The average molecular weight is 523 g/mol. The molecule has 6 heteroatoms. The fourth-order valence-electron chi connectivity index (χ4n) is 4.02. The van der Waals surface area contributed by atoms with Crippen LogP contribution in [-0.4, -0.2) is 46.8 Å². The lowest BCUT2D eigenvalue weighted by atomic mass is 9.77. The fraction of sp³-hybridized carbons (Fsp3) is 0.773. The zero-order chi connectivity index (χ0) is 20.8. The molecule has 0 amide bonds. The molecule has 2 heterocycles. The van der Waals surface area contributed by atoms with E-state index in [1.807, 2.05) is 0 Å². The maximum atomic E-state index is 12.0. The molecule has 0 unspecified atom stereocenters. The van der Waals surface area contributed by atoms with E-state index in [2.05, 4.69) is 61.8 Å². The number of aliphatic hydroxyl groups is 1. The number of alkyl halides is 1. The molecule has 0 radical (unpaired) electrons. The van der Waals surface area contributed by atoms with Crippen LogP contribution in [0.5, 0.6) is 0 Å². The molecule has 2 saturated heterocycles. The van der Waals surface area contributed by atoms with Crippen LogP contribution in [0.3, 0.4) is 0 Å². The third-order valence-corrected chi connectivity index (χ3v) is 6.75. The molecule has 0 aromatic carbocycles.